The van der Waals surface area contributed by atoms with E-state index in [1.54, 1.807) is 19.2 Å². The van der Waals surface area contributed by atoms with Crippen molar-refractivity contribution in [3.8, 4) is 11.6 Å². The van der Waals surface area contributed by atoms with E-state index in [0.29, 0.717) is 5.75 Å². The van der Waals surface area contributed by atoms with Crippen LogP contribution in [-0.4, -0.2) is 34.4 Å². The summed E-state index contributed by atoms with van der Waals surface area (Å²) >= 11 is 0. The maximum atomic E-state index is 13.2. The molecule has 0 saturated carbocycles. The van der Waals surface area contributed by atoms with Gasteiger partial charge in [-0.1, -0.05) is 30.3 Å². The van der Waals surface area contributed by atoms with Crippen LogP contribution in [0.15, 0.2) is 47.3 Å². The molecule has 0 unspecified atom stereocenters. The first-order valence-corrected chi connectivity index (χ1v) is 9.61. The first-order chi connectivity index (χ1) is 14.3. The van der Waals surface area contributed by atoms with Gasteiger partial charge in [0.1, 0.15) is 5.75 Å². The molecule has 2 aromatic carbocycles. The third kappa shape index (κ3) is 4.40. The number of imidazole rings is 1. The summed E-state index contributed by atoms with van der Waals surface area (Å²) in [6.45, 7) is 4.43. The molecule has 1 heterocycles. The number of aromatic hydroxyl groups is 1. The highest BCUT2D eigenvalue weighted by atomic mass is 16.5. The van der Waals surface area contributed by atoms with E-state index >= 15 is 0 Å². The molecule has 0 aliphatic carbocycles. The van der Waals surface area contributed by atoms with Gasteiger partial charge in [0.2, 0.25) is 5.88 Å². The van der Waals surface area contributed by atoms with Gasteiger partial charge in [0, 0.05) is 0 Å². The maximum Gasteiger partial charge on any atom is 0.331 e. The summed E-state index contributed by atoms with van der Waals surface area (Å²) in [7, 11) is 2.86. The van der Waals surface area contributed by atoms with E-state index in [4.69, 9.17) is 9.47 Å². The van der Waals surface area contributed by atoms with Crippen LogP contribution in [0.4, 0.5) is 0 Å². The van der Waals surface area contributed by atoms with Crippen molar-refractivity contribution in [2.45, 2.75) is 33.4 Å². The number of aromatic nitrogens is 2. The van der Waals surface area contributed by atoms with Crippen molar-refractivity contribution >= 4 is 5.97 Å². The minimum Gasteiger partial charge on any atom is -0.497 e. The van der Waals surface area contributed by atoms with Crippen LogP contribution in [0.5, 0.6) is 11.6 Å². The number of aryl methyl sites for hydroxylation is 2. The highest BCUT2D eigenvalue weighted by Gasteiger charge is 2.22. The Morgan fingerprint density at radius 1 is 0.933 bits per heavy atom. The number of ether oxygens (including phenoxy) is 2. The average molecular weight is 410 g/mol. The van der Waals surface area contributed by atoms with E-state index in [2.05, 4.69) is 0 Å². The SMILES string of the molecule is COC(=O)Cc1c(O)n(Cc2ccc(C)c(C)c2)c(=O)n1Cc1ccc(OC)cc1. The van der Waals surface area contributed by atoms with Gasteiger partial charge >= 0.3 is 11.7 Å². The Balaban J connectivity index is 2.02. The van der Waals surface area contributed by atoms with Gasteiger partial charge in [0.05, 0.1) is 39.4 Å². The standard InChI is InChI=1S/C23H26N2O5/c1-15-5-6-18(11-16(15)2)14-25-22(27)20(12-21(26)30-4)24(23(25)28)13-17-7-9-19(29-3)10-8-17/h5-11,27H,12-14H2,1-4H3. The van der Waals surface area contributed by atoms with E-state index in [1.165, 1.54) is 16.2 Å². The number of esters is 1. The number of hydrogen-bond donors (Lipinski definition) is 1. The van der Waals surface area contributed by atoms with Gasteiger partial charge in [0.15, 0.2) is 0 Å². The Hall–Kier alpha value is -3.48. The van der Waals surface area contributed by atoms with Crippen molar-refractivity contribution in [1.29, 1.82) is 0 Å². The molecule has 0 bridgehead atoms. The molecular formula is C23H26N2O5. The smallest absolute Gasteiger partial charge is 0.331 e. The summed E-state index contributed by atoms with van der Waals surface area (Å²) in [5, 5.41) is 10.8. The Kier molecular flexibility index (Phi) is 6.30. The van der Waals surface area contributed by atoms with Crippen molar-refractivity contribution in [2.75, 3.05) is 14.2 Å². The molecule has 7 nitrogen and oxygen atoms in total. The van der Waals surface area contributed by atoms with Crippen molar-refractivity contribution < 1.29 is 19.4 Å². The minimum atomic E-state index is -0.530. The molecule has 7 heteroatoms. The van der Waals surface area contributed by atoms with Crippen molar-refractivity contribution in [3.05, 3.63) is 80.9 Å². The Labute approximate surface area is 175 Å². The number of carbonyl (C=O) groups excluding carboxylic acids is 1. The zero-order valence-electron chi connectivity index (χ0n) is 17.6. The van der Waals surface area contributed by atoms with Gasteiger partial charge in [-0.3, -0.25) is 13.9 Å². The van der Waals surface area contributed by atoms with Crippen LogP contribution in [0, 0.1) is 13.8 Å². The van der Waals surface area contributed by atoms with E-state index in [-0.39, 0.29) is 36.8 Å². The first kappa shape index (κ1) is 21.2. The van der Waals surface area contributed by atoms with Crippen LogP contribution in [0.1, 0.15) is 27.9 Å². The molecule has 3 aromatic rings. The topological polar surface area (TPSA) is 82.7 Å². The summed E-state index contributed by atoms with van der Waals surface area (Å²) in [6.07, 6.45) is -0.201. The quantitative estimate of drug-likeness (QED) is 0.606. The lowest BCUT2D eigenvalue weighted by Crippen LogP contribution is -2.26. The van der Waals surface area contributed by atoms with Crippen LogP contribution in [-0.2, 0) is 29.0 Å². The number of methoxy groups -OCH3 is 2. The average Bonchev–Trinajstić information content (AvgIpc) is 2.95. The van der Waals surface area contributed by atoms with Crippen LogP contribution in [0.3, 0.4) is 0 Å². The molecule has 30 heavy (non-hydrogen) atoms. The van der Waals surface area contributed by atoms with E-state index in [9.17, 15) is 14.7 Å². The molecule has 0 fully saturated rings. The number of hydrogen-bond acceptors (Lipinski definition) is 5. The molecule has 0 amide bonds. The second-order valence-electron chi connectivity index (χ2n) is 7.24. The zero-order valence-corrected chi connectivity index (χ0v) is 17.6. The summed E-state index contributed by atoms with van der Waals surface area (Å²) < 4.78 is 12.6. The number of carbonyl (C=O) groups is 1. The Morgan fingerprint density at radius 3 is 2.17 bits per heavy atom. The fourth-order valence-corrected chi connectivity index (χ4v) is 3.32. The van der Waals surface area contributed by atoms with Crippen molar-refractivity contribution in [1.82, 2.24) is 9.13 Å². The third-order valence-corrected chi connectivity index (χ3v) is 5.25. The van der Waals surface area contributed by atoms with Crippen LogP contribution in [0.2, 0.25) is 0 Å². The highest BCUT2D eigenvalue weighted by Crippen LogP contribution is 2.21. The minimum absolute atomic E-state index is 0.201. The first-order valence-electron chi connectivity index (χ1n) is 9.61. The third-order valence-electron chi connectivity index (χ3n) is 5.25. The Morgan fingerprint density at radius 2 is 1.57 bits per heavy atom. The molecule has 1 aromatic heterocycles. The second-order valence-corrected chi connectivity index (χ2v) is 7.24. The van der Waals surface area contributed by atoms with Crippen LogP contribution >= 0.6 is 0 Å². The lowest BCUT2D eigenvalue weighted by Gasteiger charge is -2.08. The molecule has 0 atom stereocenters. The van der Waals surface area contributed by atoms with Gasteiger partial charge in [-0.05, 0) is 48.2 Å². The summed E-state index contributed by atoms with van der Waals surface area (Å²) in [5.74, 6) is -0.0507. The maximum absolute atomic E-state index is 13.2. The summed E-state index contributed by atoms with van der Waals surface area (Å²) in [4.78, 5) is 25.1. The molecule has 0 aliphatic rings. The summed E-state index contributed by atoms with van der Waals surface area (Å²) in [6, 6.07) is 13.2. The molecule has 0 saturated heterocycles. The van der Waals surface area contributed by atoms with E-state index in [0.717, 1.165) is 22.3 Å². The van der Waals surface area contributed by atoms with Crippen molar-refractivity contribution in [2.24, 2.45) is 0 Å². The lowest BCUT2D eigenvalue weighted by molar-refractivity contribution is -0.139. The van der Waals surface area contributed by atoms with E-state index in [1.807, 2.05) is 44.2 Å². The predicted molar refractivity (Wildman–Crippen MR) is 113 cm³/mol. The van der Waals surface area contributed by atoms with E-state index < -0.39 is 5.97 Å². The molecule has 1 N–H and O–H groups in total. The highest BCUT2D eigenvalue weighted by molar-refractivity contribution is 5.72. The van der Waals surface area contributed by atoms with Gasteiger partial charge in [0.25, 0.3) is 0 Å². The fourth-order valence-electron chi connectivity index (χ4n) is 3.32. The largest absolute Gasteiger partial charge is 0.497 e. The monoisotopic (exact) mass is 410 g/mol. The fraction of sp³-hybridized carbons (Fsp3) is 0.304. The molecule has 0 radical (unpaired) electrons. The molecule has 3 rings (SSSR count). The lowest BCUT2D eigenvalue weighted by atomic mass is 10.1. The number of rotatable bonds is 7. The second kappa shape index (κ2) is 8.90. The normalized spacial score (nSPS) is 10.8. The predicted octanol–water partition coefficient (Wildman–Crippen LogP) is 2.79. The van der Waals surface area contributed by atoms with Gasteiger partial charge in [-0.25, -0.2) is 4.79 Å². The van der Waals surface area contributed by atoms with Crippen molar-refractivity contribution in [3.63, 3.8) is 0 Å². The Bertz CT molecular complexity index is 1110. The zero-order chi connectivity index (χ0) is 21.8. The molecule has 0 aliphatic heterocycles. The molecular weight excluding hydrogens is 384 g/mol. The molecule has 158 valence electrons. The molecule has 0 spiro atoms. The van der Waals surface area contributed by atoms with Crippen LogP contribution < -0.4 is 10.4 Å². The number of nitrogens with zero attached hydrogens (tertiary/aromatic N) is 2. The van der Waals surface area contributed by atoms with Gasteiger partial charge in [-0.2, -0.15) is 0 Å². The van der Waals surface area contributed by atoms with Gasteiger partial charge in [-0.15, -0.1) is 0 Å². The van der Waals surface area contributed by atoms with Crippen LogP contribution in [0.25, 0.3) is 0 Å². The number of benzene rings is 2. The van der Waals surface area contributed by atoms with Gasteiger partial charge < -0.3 is 14.6 Å². The summed E-state index contributed by atoms with van der Waals surface area (Å²) in [5.41, 5.74) is 3.83.